The molecule has 1 unspecified atom stereocenters. The van der Waals surface area contributed by atoms with Gasteiger partial charge in [0.25, 0.3) is 0 Å². The van der Waals surface area contributed by atoms with Crippen LogP contribution in [0.15, 0.2) is 30.9 Å². The molecule has 114 valence electrons. The molecule has 0 saturated carbocycles. The van der Waals surface area contributed by atoms with Crippen LogP contribution in [0, 0.1) is 0 Å². The third kappa shape index (κ3) is 4.60. The molecule has 0 radical (unpaired) electrons. The van der Waals surface area contributed by atoms with E-state index in [1.165, 1.54) is 11.1 Å². The average molecular weight is 288 g/mol. The molecule has 4 heteroatoms. The van der Waals surface area contributed by atoms with Crippen LogP contribution in [0.25, 0.3) is 0 Å². The molecule has 0 saturated heterocycles. The van der Waals surface area contributed by atoms with Crippen molar-refractivity contribution in [2.75, 3.05) is 18.9 Å². The number of benzene rings is 1. The molecule has 0 aromatic heterocycles. The number of amides is 1. The Hall–Kier alpha value is -1.81. The molecule has 2 rings (SSSR count). The summed E-state index contributed by atoms with van der Waals surface area (Å²) in [5.41, 5.74) is 9.10. The second-order valence-electron chi connectivity index (χ2n) is 5.44. The number of carbonyl (C=O) groups excluding carboxylic acids is 1. The quantitative estimate of drug-likeness (QED) is 0.460. The minimum absolute atomic E-state index is 0.0897. The number of nitrogen functional groups attached to an aromatic ring is 1. The van der Waals surface area contributed by atoms with E-state index in [4.69, 9.17) is 10.5 Å². The topological polar surface area (TPSA) is 64.3 Å². The summed E-state index contributed by atoms with van der Waals surface area (Å²) in [4.78, 5) is 12.0. The molecular weight excluding hydrogens is 264 g/mol. The van der Waals surface area contributed by atoms with Crippen molar-refractivity contribution in [3.63, 3.8) is 0 Å². The van der Waals surface area contributed by atoms with Crippen molar-refractivity contribution >= 4 is 11.6 Å². The molecule has 0 spiro atoms. The number of nitrogens with two attached hydrogens (primary N) is 1. The second-order valence-corrected chi connectivity index (χ2v) is 5.44. The maximum atomic E-state index is 12.0. The Morgan fingerprint density at radius 1 is 1.52 bits per heavy atom. The highest BCUT2D eigenvalue weighted by atomic mass is 16.5. The second kappa shape index (κ2) is 7.84. The number of rotatable bonds is 7. The standard InChI is InChI=1S/C17H24N2O2/c1-2-10-21-11-4-7-17(20)19-16-6-3-5-13-12-14(18)8-9-15(13)16/h2,8-9,12,16H,1,3-7,10-11,18H2,(H,19,20). The molecule has 0 fully saturated rings. The lowest BCUT2D eigenvalue weighted by molar-refractivity contribution is -0.122. The zero-order valence-electron chi connectivity index (χ0n) is 12.4. The van der Waals surface area contributed by atoms with E-state index in [2.05, 4.69) is 11.9 Å². The van der Waals surface area contributed by atoms with Crippen molar-refractivity contribution in [1.82, 2.24) is 5.32 Å². The number of ether oxygens (including phenoxy) is 1. The predicted octanol–water partition coefficient (Wildman–Crippen LogP) is 2.75. The van der Waals surface area contributed by atoms with Crippen molar-refractivity contribution in [2.24, 2.45) is 0 Å². The maximum absolute atomic E-state index is 12.0. The summed E-state index contributed by atoms with van der Waals surface area (Å²) in [5, 5.41) is 3.13. The third-order valence-corrected chi connectivity index (χ3v) is 3.74. The summed E-state index contributed by atoms with van der Waals surface area (Å²) in [6, 6.07) is 6.10. The van der Waals surface area contributed by atoms with Gasteiger partial charge in [-0.1, -0.05) is 12.1 Å². The average Bonchev–Trinajstić information content (AvgIpc) is 2.47. The molecule has 1 aromatic carbocycles. The zero-order valence-corrected chi connectivity index (χ0v) is 12.4. The van der Waals surface area contributed by atoms with Crippen molar-refractivity contribution in [2.45, 2.75) is 38.1 Å². The van der Waals surface area contributed by atoms with E-state index < -0.39 is 0 Å². The highest BCUT2D eigenvalue weighted by Gasteiger charge is 2.21. The molecule has 1 amide bonds. The van der Waals surface area contributed by atoms with Crippen LogP contribution in [0.4, 0.5) is 5.69 Å². The van der Waals surface area contributed by atoms with Gasteiger partial charge in [0.2, 0.25) is 5.91 Å². The molecule has 1 atom stereocenters. The monoisotopic (exact) mass is 288 g/mol. The number of aryl methyl sites for hydroxylation is 1. The van der Waals surface area contributed by atoms with Gasteiger partial charge in [-0.2, -0.15) is 0 Å². The maximum Gasteiger partial charge on any atom is 0.220 e. The van der Waals surface area contributed by atoms with Crippen LogP contribution in [0.1, 0.15) is 42.9 Å². The Kier molecular flexibility index (Phi) is 5.81. The van der Waals surface area contributed by atoms with Gasteiger partial charge in [-0.25, -0.2) is 0 Å². The lowest BCUT2D eigenvalue weighted by Crippen LogP contribution is -2.31. The first-order valence-electron chi connectivity index (χ1n) is 7.57. The molecule has 21 heavy (non-hydrogen) atoms. The first-order chi connectivity index (χ1) is 10.2. The number of nitrogens with one attached hydrogen (secondary N) is 1. The van der Waals surface area contributed by atoms with Gasteiger partial charge in [-0.15, -0.1) is 6.58 Å². The first kappa shape index (κ1) is 15.6. The van der Waals surface area contributed by atoms with Crippen LogP contribution in [0.2, 0.25) is 0 Å². The van der Waals surface area contributed by atoms with Crippen molar-refractivity contribution in [3.8, 4) is 0 Å². The number of anilines is 1. The van der Waals surface area contributed by atoms with Gasteiger partial charge in [-0.05, 0) is 48.9 Å². The number of fused-ring (bicyclic) bond motifs is 1. The molecule has 3 N–H and O–H groups in total. The lowest BCUT2D eigenvalue weighted by atomic mass is 9.87. The molecular formula is C17H24N2O2. The van der Waals surface area contributed by atoms with Gasteiger partial charge in [-0.3, -0.25) is 4.79 Å². The van der Waals surface area contributed by atoms with E-state index in [1.807, 2.05) is 18.2 Å². The molecule has 1 aliphatic carbocycles. The fourth-order valence-electron chi connectivity index (χ4n) is 2.75. The Bertz CT molecular complexity index is 500. The molecule has 1 aliphatic rings. The van der Waals surface area contributed by atoms with E-state index in [0.29, 0.717) is 19.6 Å². The van der Waals surface area contributed by atoms with E-state index >= 15 is 0 Å². The van der Waals surface area contributed by atoms with Crippen LogP contribution in [-0.4, -0.2) is 19.1 Å². The summed E-state index contributed by atoms with van der Waals surface area (Å²) in [5.74, 6) is 0.0897. The Morgan fingerprint density at radius 3 is 3.19 bits per heavy atom. The Labute approximate surface area is 126 Å². The SMILES string of the molecule is C=CCOCCCC(=O)NC1CCCc2cc(N)ccc21. The van der Waals surface area contributed by atoms with Crippen LogP contribution in [-0.2, 0) is 16.0 Å². The van der Waals surface area contributed by atoms with E-state index in [9.17, 15) is 4.79 Å². The smallest absolute Gasteiger partial charge is 0.220 e. The Morgan fingerprint density at radius 2 is 2.38 bits per heavy atom. The Balaban J connectivity index is 1.84. The highest BCUT2D eigenvalue weighted by molar-refractivity contribution is 5.76. The molecule has 4 nitrogen and oxygen atoms in total. The summed E-state index contributed by atoms with van der Waals surface area (Å²) in [6.45, 7) is 4.72. The van der Waals surface area contributed by atoms with Gasteiger partial charge < -0.3 is 15.8 Å². The minimum Gasteiger partial charge on any atom is -0.399 e. The number of hydrogen-bond donors (Lipinski definition) is 2. The van der Waals surface area contributed by atoms with Crippen LogP contribution in [0.3, 0.4) is 0 Å². The number of carbonyl (C=O) groups is 1. The number of hydrogen-bond acceptors (Lipinski definition) is 3. The zero-order chi connectivity index (χ0) is 15.1. The summed E-state index contributed by atoms with van der Waals surface area (Å²) in [6.07, 6.45) is 6.07. The summed E-state index contributed by atoms with van der Waals surface area (Å²) >= 11 is 0. The molecule has 0 aliphatic heterocycles. The van der Waals surface area contributed by atoms with Crippen molar-refractivity contribution < 1.29 is 9.53 Å². The van der Waals surface area contributed by atoms with Crippen LogP contribution >= 0.6 is 0 Å². The summed E-state index contributed by atoms with van der Waals surface area (Å²) < 4.78 is 5.28. The van der Waals surface area contributed by atoms with E-state index in [1.54, 1.807) is 6.08 Å². The summed E-state index contributed by atoms with van der Waals surface area (Å²) in [7, 11) is 0. The third-order valence-electron chi connectivity index (χ3n) is 3.74. The van der Waals surface area contributed by atoms with E-state index in [0.717, 1.165) is 31.4 Å². The van der Waals surface area contributed by atoms with Gasteiger partial charge in [0.1, 0.15) is 0 Å². The fraction of sp³-hybridized carbons (Fsp3) is 0.471. The van der Waals surface area contributed by atoms with Gasteiger partial charge in [0, 0.05) is 18.7 Å². The first-order valence-corrected chi connectivity index (χ1v) is 7.57. The van der Waals surface area contributed by atoms with Gasteiger partial charge in [0.05, 0.1) is 12.6 Å². The van der Waals surface area contributed by atoms with Crippen LogP contribution < -0.4 is 11.1 Å². The van der Waals surface area contributed by atoms with Crippen molar-refractivity contribution in [3.05, 3.63) is 42.0 Å². The van der Waals surface area contributed by atoms with Crippen molar-refractivity contribution in [1.29, 1.82) is 0 Å². The van der Waals surface area contributed by atoms with Crippen LogP contribution in [0.5, 0.6) is 0 Å². The van der Waals surface area contributed by atoms with Gasteiger partial charge in [0.15, 0.2) is 0 Å². The van der Waals surface area contributed by atoms with Gasteiger partial charge >= 0.3 is 0 Å². The van der Waals surface area contributed by atoms with E-state index in [-0.39, 0.29) is 11.9 Å². The molecule has 0 bridgehead atoms. The normalized spacial score (nSPS) is 17.0. The molecule has 1 aromatic rings. The predicted molar refractivity (Wildman–Crippen MR) is 84.9 cm³/mol. The molecule has 0 heterocycles. The highest BCUT2D eigenvalue weighted by Crippen LogP contribution is 2.30. The lowest BCUT2D eigenvalue weighted by Gasteiger charge is -2.26. The minimum atomic E-state index is 0.0897. The fourth-order valence-corrected chi connectivity index (χ4v) is 2.75. The largest absolute Gasteiger partial charge is 0.399 e.